The van der Waals surface area contributed by atoms with E-state index in [9.17, 15) is 12.8 Å². The van der Waals surface area contributed by atoms with Gasteiger partial charge in [0.25, 0.3) is 10.0 Å². The number of halogens is 1. The van der Waals surface area contributed by atoms with Crippen molar-refractivity contribution >= 4 is 15.8 Å². The second kappa shape index (κ2) is 6.94. The van der Waals surface area contributed by atoms with Gasteiger partial charge >= 0.3 is 0 Å². The van der Waals surface area contributed by atoms with Crippen molar-refractivity contribution in [3.8, 4) is 5.75 Å². The quantitative estimate of drug-likeness (QED) is 0.733. The molecular weight excluding hydrogens is 345 g/mol. The number of sulfonamides is 1. The predicted octanol–water partition coefficient (Wildman–Crippen LogP) is 2.88. The summed E-state index contributed by atoms with van der Waals surface area (Å²) in [6.45, 7) is 0.407. The fraction of sp³-hybridized carbons (Fsp3) is 0.118. The molecule has 8 heteroatoms. The lowest BCUT2D eigenvalue weighted by Crippen LogP contribution is -2.13. The minimum atomic E-state index is -3.73. The van der Waals surface area contributed by atoms with Crippen molar-refractivity contribution in [2.24, 2.45) is 0 Å². The van der Waals surface area contributed by atoms with Crippen LogP contribution in [0.2, 0.25) is 0 Å². The Balaban J connectivity index is 1.72. The maximum atomic E-state index is 12.9. The molecule has 0 aliphatic carbocycles. The Morgan fingerprint density at radius 1 is 1.08 bits per heavy atom. The minimum absolute atomic E-state index is 0.112. The van der Waals surface area contributed by atoms with Crippen molar-refractivity contribution in [2.45, 2.75) is 11.4 Å². The smallest absolute Gasteiger partial charge is 0.263 e. The van der Waals surface area contributed by atoms with Crippen LogP contribution >= 0.6 is 0 Å². The van der Waals surface area contributed by atoms with Crippen LogP contribution in [0.4, 0.5) is 10.2 Å². The summed E-state index contributed by atoms with van der Waals surface area (Å²) in [5.41, 5.74) is 0.856. The minimum Gasteiger partial charge on any atom is -0.497 e. The lowest BCUT2D eigenvalue weighted by molar-refractivity contribution is 0.414. The zero-order valence-corrected chi connectivity index (χ0v) is 14.2. The van der Waals surface area contributed by atoms with Gasteiger partial charge in [-0.2, -0.15) is 5.10 Å². The molecule has 0 saturated heterocycles. The Morgan fingerprint density at radius 3 is 2.40 bits per heavy atom. The van der Waals surface area contributed by atoms with Crippen molar-refractivity contribution in [1.82, 2.24) is 9.78 Å². The van der Waals surface area contributed by atoms with Gasteiger partial charge in [0.1, 0.15) is 11.6 Å². The van der Waals surface area contributed by atoms with Gasteiger partial charge < -0.3 is 4.74 Å². The Kier molecular flexibility index (Phi) is 4.71. The van der Waals surface area contributed by atoms with E-state index in [1.54, 1.807) is 41.2 Å². The molecule has 0 bridgehead atoms. The van der Waals surface area contributed by atoms with Gasteiger partial charge in [0.15, 0.2) is 5.82 Å². The number of anilines is 1. The van der Waals surface area contributed by atoms with Crippen LogP contribution in [-0.4, -0.2) is 25.3 Å². The number of benzene rings is 2. The molecule has 1 N–H and O–H groups in total. The summed E-state index contributed by atoms with van der Waals surface area (Å²) in [6, 6.07) is 13.6. The summed E-state index contributed by atoms with van der Waals surface area (Å²) in [5.74, 6) is 0.470. The lowest BCUT2D eigenvalue weighted by Gasteiger charge is -2.06. The standard InChI is InChI=1S/C17H16FN3O3S/c1-24-15-6-8-16(9-7-15)25(22,23)20-17-10-11-21(19-17)12-13-2-4-14(18)5-3-13/h2-11H,12H2,1H3,(H,19,20). The SMILES string of the molecule is COc1ccc(S(=O)(=O)Nc2ccn(Cc3ccc(F)cc3)n2)cc1. The van der Waals surface area contributed by atoms with E-state index in [4.69, 9.17) is 4.74 Å². The molecule has 0 aliphatic rings. The zero-order valence-electron chi connectivity index (χ0n) is 13.4. The van der Waals surface area contributed by atoms with Gasteiger partial charge in [0.2, 0.25) is 0 Å². The molecule has 0 fully saturated rings. The summed E-state index contributed by atoms with van der Waals surface area (Å²) < 4.78 is 46.7. The summed E-state index contributed by atoms with van der Waals surface area (Å²) in [4.78, 5) is 0.112. The van der Waals surface area contributed by atoms with E-state index in [1.165, 1.54) is 31.4 Å². The van der Waals surface area contributed by atoms with Crippen LogP contribution in [0.25, 0.3) is 0 Å². The molecule has 0 unspecified atom stereocenters. The highest BCUT2D eigenvalue weighted by molar-refractivity contribution is 7.92. The number of nitrogens with zero attached hydrogens (tertiary/aromatic N) is 2. The molecule has 1 heterocycles. The van der Waals surface area contributed by atoms with E-state index in [1.807, 2.05) is 0 Å². The first-order valence-electron chi connectivity index (χ1n) is 7.41. The van der Waals surface area contributed by atoms with Gasteiger partial charge in [0, 0.05) is 12.3 Å². The van der Waals surface area contributed by atoms with E-state index in [-0.39, 0.29) is 16.5 Å². The third-order valence-corrected chi connectivity index (χ3v) is 4.88. The molecule has 0 radical (unpaired) electrons. The molecule has 25 heavy (non-hydrogen) atoms. The molecule has 3 aromatic rings. The Bertz CT molecular complexity index is 952. The molecule has 3 rings (SSSR count). The first kappa shape index (κ1) is 17.0. The molecule has 0 spiro atoms. The van der Waals surface area contributed by atoms with Gasteiger partial charge in [-0.1, -0.05) is 12.1 Å². The molecule has 0 aliphatic heterocycles. The number of ether oxygens (including phenoxy) is 1. The third-order valence-electron chi connectivity index (χ3n) is 3.51. The lowest BCUT2D eigenvalue weighted by atomic mass is 10.2. The second-order valence-electron chi connectivity index (χ2n) is 5.31. The van der Waals surface area contributed by atoms with Gasteiger partial charge in [-0.25, -0.2) is 12.8 Å². The first-order valence-corrected chi connectivity index (χ1v) is 8.89. The fourth-order valence-electron chi connectivity index (χ4n) is 2.23. The van der Waals surface area contributed by atoms with Crippen molar-refractivity contribution < 1.29 is 17.5 Å². The average molecular weight is 361 g/mol. The topological polar surface area (TPSA) is 73.2 Å². The molecule has 0 atom stereocenters. The molecule has 2 aromatic carbocycles. The van der Waals surface area contributed by atoms with Gasteiger partial charge in [0.05, 0.1) is 18.6 Å². The molecular formula is C17H16FN3O3S. The molecule has 1 aromatic heterocycles. The highest BCUT2D eigenvalue weighted by Gasteiger charge is 2.15. The van der Waals surface area contributed by atoms with E-state index in [0.29, 0.717) is 12.3 Å². The highest BCUT2D eigenvalue weighted by Crippen LogP contribution is 2.18. The number of nitrogens with one attached hydrogen (secondary N) is 1. The van der Waals surface area contributed by atoms with Crippen LogP contribution in [0.3, 0.4) is 0 Å². The van der Waals surface area contributed by atoms with E-state index in [0.717, 1.165) is 5.56 Å². The molecule has 6 nitrogen and oxygen atoms in total. The van der Waals surface area contributed by atoms with Crippen molar-refractivity contribution in [3.05, 3.63) is 72.2 Å². The summed E-state index contributed by atoms with van der Waals surface area (Å²) in [7, 11) is -2.22. The fourth-order valence-corrected chi connectivity index (χ4v) is 3.23. The van der Waals surface area contributed by atoms with Crippen LogP contribution in [0.1, 0.15) is 5.56 Å². The maximum Gasteiger partial charge on any atom is 0.263 e. The average Bonchev–Trinajstić information content (AvgIpc) is 3.03. The van der Waals surface area contributed by atoms with Crippen molar-refractivity contribution in [2.75, 3.05) is 11.8 Å². The van der Waals surface area contributed by atoms with Crippen LogP contribution in [0, 0.1) is 5.82 Å². The number of hydrogen-bond donors (Lipinski definition) is 1. The van der Waals surface area contributed by atoms with Gasteiger partial charge in [-0.05, 0) is 42.0 Å². The Hall–Kier alpha value is -2.87. The number of methoxy groups -OCH3 is 1. The number of hydrogen-bond acceptors (Lipinski definition) is 4. The maximum absolute atomic E-state index is 12.9. The first-order chi connectivity index (χ1) is 12.0. The van der Waals surface area contributed by atoms with Crippen LogP contribution < -0.4 is 9.46 Å². The number of aromatic nitrogens is 2. The highest BCUT2D eigenvalue weighted by atomic mass is 32.2. The largest absolute Gasteiger partial charge is 0.497 e. The van der Waals surface area contributed by atoms with Crippen LogP contribution in [0.15, 0.2) is 65.7 Å². The van der Waals surface area contributed by atoms with Crippen molar-refractivity contribution in [1.29, 1.82) is 0 Å². The third kappa shape index (κ3) is 4.16. The predicted molar refractivity (Wildman–Crippen MR) is 91.5 cm³/mol. The summed E-state index contributed by atoms with van der Waals surface area (Å²) >= 11 is 0. The molecule has 0 amide bonds. The Labute approximate surface area is 144 Å². The number of rotatable bonds is 6. The van der Waals surface area contributed by atoms with Crippen molar-refractivity contribution in [3.63, 3.8) is 0 Å². The van der Waals surface area contributed by atoms with Gasteiger partial charge in [-0.3, -0.25) is 9.40 Å². The van der Waals surface area contributed by atoms with E-state index < -0.39 is 10.0 Å². The van der Waals surface area contributed by atoms with Gasteiger partial charge in [-0.15, -0.1) is 0 Å². The van der Waals surface area contributed by atoms with E-state index in [2.05, 4.69) is 9.82 Å². The molecule has 0 saturated carbocycles. The molecule has 130 valence electrons. The summed E-state index contributed by atoms with van der Waals surface area (Å²) in [5, 5.41) is 4.18. The normalized spacial score (nSPS) is 11.3. The monoisotopic (exact) mass is 361 g/mol. The van der Waals surface area contributed by atoms with E-state index >= 15 is 0 Å². The van der Waals surface area contributed by atoms with Crippen LogP contribution in [0.5, 0.6) is 5.75 Å². The summed E-state index contributed by atoms with van der Waals surface area (Å²) in [6.07, 6.45) is 1.65. The zero-order chi connectivity index (χ0) is 17.9. The Morgan fingerprint density at radius 2 is 1.76 bits per heavy atom. The second-order valence-corrected chi connectivity index (χ2v) is 6.99. The van der Waals surface area contributed by atoms with Crippen LogP contribution in [-0.2, 0) is 16.6 Å².